The standard InChI is InChI=1S/C17H19F3N2O4/c1-10-11(16(25)26)6-4-8-22(10)14(23)9-21-15(24)12-5-2-3-7-13(12)17(18,19)20/h2-3,5,7,10-11H,4,6,8-9H2,1H3,(H,21,24)(H,25,26)/t10-,11-/m1/s1. The predicted molar refractivity (Wildman–Crippen MR) is 85.3 cm³/mol. The summed E-state index contributed by atoms with van der Waals surface area (Å²) in [5.41, 5.74) is -1.65. The number of halogens is 3. The van der Waals surface area contributed by atoms with Crippen molar-refractivity contribution >= 4 is 17.8 Å². The SMILES string of the molecule is C[C@@H]1[C@H](C(=O)O)CCCN1C(=O)CNC(=O)c1ccccc1C(F)(F)F. The number of nitrogens with zero attached hydrogens (tertiary/aromatic N) is 1. The Bertz CT molecular complexity index is 705. The summed E-state index contributed by atoms with van der Waals surface area (Å²) in [6.07, 6.45) is -3.72. The number of nitrogens with one attached hydrogen (secondary N) is 1. The van der Waals surface area contributed by atoms with Crippen LogP contribution in [0.1, 0.15) is 35.7 Å². The van der Waals surface area contributed by atoms with Crippen LogP contribution in [0.2, 0.25) is 0 Å². The van der Waals surface area contributed by atoms with E-state index in [4.69, 9.17) is 5.11 Å². The Morgan fingerprint density at radius 3 is 2.54 bits per heavy atom. The fourth-order valence-corrected chi connectivity index (χ4v) is 3.11. The van der Waals surface area contributed by atoms with E-state index < -0.39 is 53.6 Å². The van der Waals surface area contributed by atoms with E-state index in [-0.39, 0.29) is 0 Å². The predicted octanol–water partition coefficient (Wildman–Crippen LogP) is 2.15. The van der Waals surface area contributed by atoms with Crippen molar-refractivity contribution in [3.05, 3.63) is 35.4 Å². The molecule has 1 aromatic rings. The lowest BCUT2D eigenvalue weighted by Gasteiger charge is -2.37. The summed E-state index contributed by atoms with van der Waals surface area (Å²) >= 11 is 0. The number of hydrogen-bond acceptors (Lipinski definition) is 3. The van der Waals surface area contributed by atoms with Crippen LogP contribution in [-0.4, -0.2) is 46.9 Å². The van der Waals surface area contributed by atoms with Gasteiger partial charge in [0, 0.05) is 12.6 Å². The monoisotopic (exact) mass is 372 g/mol. The number of carboxylic acid groups (broad SMARTS) is 1. The third kappa shape index (κ3) is 4.33. The summed E-state index contributed by atoms with van der Waals surface area (Å²) in [4.78, 5) is 36.9. The molecule has 1 fully saturated rings. The Labute approximate surface area is 148 Å². The summed E-state index contributed by atoms with van der Waals surface area (Å²) in [7, 11) is 0. The first kappa shape index (κ1) is 19.7. The van der Waals surface area contributed by atoms with Crippen molar-refractivity contribution in [1.82, 2.24) is 10.2 Å². The lowest BCUT2D eigenvalue weighted by Crippen LogP contribution is -2.52. The van der Waals surface area contributed by atoms with Gasteiger partial charge in [0.15, 0.2) is 0 Å². The van der Waals surface area contributed by atoms with Crippen LogP contribution < -0.4 is 5.32 Å². The number of carboxylic acids is 1. The van der Waals surface area contributed by atoms with Gasteiger partial charge in [0.2, 0.25) is 5.91 Å². The molecule has 1 heterocycles. The smallest absolute Gasteiger partial charge is 0.417 e. The number of alkyl halides is 3. The molecule has 1 saturated heterocycles. The Balaban J connectivity index is 2.04. The lowest BCUT2D eigenvalue weighted by molar-refractivity contribution is -0.148. The maximum absolute atomic E-state index is 13.0. The minimum absolute atomic E-state index is 0.346. The first-order chi connectivity index (χ1) is 12.1. The minimum atomic E-state index is -4.69. The lowest BCUT2D eigenvalue weighted by atomic mass is 9.90. The molecule has 2 rings (SSSR count). The van der Waals surface area contributed by atoms with Crippen molar-refractivity contribution in [3.8, 4) is 0 Å². The van der Waals surface area contributed by atoms with Crippen LogP contribution in [0.15, 0.2) is 24.3 Å². The van der Waals surface area contributed by atoms with Gasteiger partial charge in [-0.05, 0) is 31.9 Å². The molecule has 9 heteroatoms. The van der Waals surface area contributed by atoms with Gasteiger partial charge in [-0.3, -0.25) is 14.4 Å². The fraction of sp³-hybridized carbons (Fsp3) is 0.471. The molecule has 142 valence electrons. The van der Waals surface area contributed by atoms with E-state index in [1.165, 1.54) is 17.0 Å². The number of hydrogen-bond donors (Lipinski definition) is 2. The Morgan fingerprint density at radius 1 is 1.27 bits per heavy atom. The Kier molecular flexibility index (Phi) is 5.89. The van der Waals surface area contributed by atoms with Crippen LogP contribution in [-0.2, 0) is 15.8 Å². The average Bonchev–Trinajstić information content (AvgIpc) is 2.58. The van der Waals surface area contributed by atoms with Crippen LogP contribution >= 0.6 is 0 Å². The Morgan fingerprint density at radius 2 is 1.92 bits per heavy atom. The first-order valence-corrected chi connectivity index (χ1v) is 8.09. The summed E-state index contributed by atoms with van der Waals surface area (Å²) in [5.74, 6) is -3.24. The molecule has 26 heavy (non-hydrogen) atoms. The van der Waals surface area contributed by atoms with E-state index in [1.54, 1.807) is 6.92 Å². The molecule has 0 spiro atoms. The molecule has 0 unspecified atom stereocenters. The van der Waals surface area contributed by atoms with Crippen molar-refractivity contribution in [2.24, 2.45) is 5.92 Å². The van der Waals surface area contributed by atoms with Crippen LogP contribution in [0, 0.1) is 5.92 Å². The minimum Gasteiger partial charge on any atom is -0.481 e. The van der Waals surface area contributed by atoms with Crippen LogP contribution in [0.25, 0.3) is 0 Å². The molecule has 0 aromatic heterocycles. The Hall–Kier alpha value is -2.58. The van der Waals surface area contributed by atoms with Crippen molar-refractivity contribution in [1.29, 1.82) is 0 Å². The molecule has 2 N–H and O–H groups in total. The van der Waals surface area contributed by atoms with Gasteiger partial charge in [-0.15, -0.1) is 0 Å². The number of benzene rings is 1. The van der Waals surface area contributed by atoms with E-state index in [2.05, 4.69) is 5.32 Å². The maximum Gasteiger partial charge on any atom is 0.417 e. The van der Waals surface area contributed by atoms with Crippen molar-refractivity contribution < 1.29 is 32.7 Å². The largest absolute Gasteiger partial charge is 0.481 e. The zero-order chi connectivity index (χ0) is 19.5. The number of carbonyl (C=O) groups excluding carboxylic acids is 2. The fourth-order valence-electron chi connectivity index (χ4n) is 3.11. The quantitative estimate of drug-likeness (QED) is 0.848. The number of aliphatic carboxylic acids is 1. The second-order valence-electron chi connectivity index (χ2n) is 6.14. The van der Waals surface area contributed by atoms with E-state index in [0.717, 1.165) is 12.1 Å². The zero-order valence-electron chi connectivity index (χ0n) is 14.0. The van der Waals surface area contributed by atoms with Gasteiger partial charge in [0.1, 0.15) is 0 Å². The molecular weight excluding hydrogens is 353 g/mol. The van der Waals surface area contributed by atoms with Gasteiger partial charge in [-0.1, -0.05) is 12.1 Å². The van der Waals surface area contributed by atoms with Crippen LogP contribution in [0.5, 0.6) is 0 Å². The van der Waals surface area contributed by atoms with E-state index in [0.29, 0.717) is 19.4 Å². The highest BCUT2D eigenvalue weighted by Gasteiger charge is 2.36. The van der Waals surface area contributed by atoms with Gasteiger partial charge >= 0.3 is 12.1 Å². The highest BCUT2D eigenvalue weighted by atomic mass is 19.4. The number of amides is 2. The van der Waals surface area contributed by atoms with E-state index in [1.807, 2.05) is 0 Å². The third-order valence-electron chi connectivity index (χ3n) is 4.50. The summed E-state index contributed by atoms with van der Waals surface area (Å²) in [6, 6.07) is 3.75. The van der Waals surface area contributed by atoms with Crippen LogP contribution in [0.3, 0.4) is 0 Å². The number of likely N-dealkylation sites (tertiary alicyclic amines) is 1. The molecule has 0 saturated carbocycles. The molecule has 1 aliphatic heterocycles. The summed E-state index contributed by atoms with van der Waals surface area (Å²) in [6.45, 7) is 1.46. The molecule has 2 amide bonds. The van der Waals surface area contributed by atoms with Crippen molar-refractivity contribution in [3.63, 3.8) is 0 Å². The zero-order valence-corrected chi connectivity index (χ0v) is 14.0. The second kappa shape index (κ2) is 7.76. The molecule has 0 aliphatic carbocycles. The van der Waals surface area contributed by atoms with Gasteiger partial charge in [0.25, 0.3) is 5.91 Å². The normalized spacial score (nSPS) is 20.5. The average molecular weight is 372 g/mol. The maximum atomic E-state index is 13.0. The molecule has 0 bridgehead atoms. The van der Waals surface area contributed by atoms with Gasteiger partial charge in [-0.2, -0.15) is 13.2 Å². The van der Waals surface area contributed by atoms with E-state index in [9.17, 15) is 27.6 Å². The number of carbonyl (C=O) groups is 3. The molecule has 0 radical (unpaired) electrons. The number of piperidine rings is 1. The molecule has 1 aromatic carbocycles. The van der Waals surface area contributed by atoms with Crippen molar-refractivity contribution in [2.45, 2.75) is 32.0 Å². The second-order valence-corrected chi connectivity index (χ2v) is 6.14. The molecule has 1 aliphatic rings. The topological polar surface area (TPSA) is 86.7 Å². The van der Waals surface area contributed by atoms with Crippen LogP contribution in [0.4, 0.5) is 13.2 Å². The molecular formula is C17H19F3N2O4. The highest BCUT2D eigenvalue weighted by molar-refractivity contribution is 5.98. The first-order valence-electron chi connectivity index (χ1n) is 8.09. The highest BCUT2D eigenvalue weighted by Crippen LogP contribution is 2.31. The summed E-state index contributed by atoms with van der Waals surface area (Å²) in [5, 5.41) is 11.4. The van der Waals surface area contributed by atoms with E-state index >= 15 is 0 Å². The van der Waals surface area contributed by atoms with Gasteiger partial charge < -0.3 is 15.3 Å². The molecule has 2 atom stereocenters. The van der Waals surface area contributed by atoms with Crippen molar-refractivity contribution in [2.75, 3.05) is 13.1 Å². The third-order valence-corrected chi connectivity index (χ3v) is 4.50. The van der Waals surface area contributed by atoms with Gasteiger partial charge in [0.05, 0.1) is 23.6 Å². The number of rotatable bonds is 4. The molecule has 6 nitrogen and oxygen atoms in total. The van der Waals surface area contributed by atoms with Gasteiger partial charge in [-0.25, -0.2) is 0 Å². The summed E-state index contributed by atoms with van der Waals surface area (Å²) < 4.78 is 38.9.